The van der Waals surface area contributed by atoms with Gasteiger partial charge in [0.2, 0.25) is 11.8 Å². The zero-order valence-corrected chi connectivity index (χ0v) is 30.3. The predicted octanol–water partition coefficient (Wildman–Crippen LogP) is 6.25. The fourth-order valence-electron chi connectivity index (χ4n) is 5.79. The Morgan fingerprint density at radius 1 is 1.06 bits per heavy atom. The number of nitrogens with one attached hydrogen (secondary N) is 1. The lowest BCUT2D eigenvalue weighted by molar-refractivity contribution is 0.0509. The molecule has 1 amide bonds. The van der Waals surface area contributed by atoms with Gasteiger partial charge in [-0.05, 0) is 68.9 Å². The van der Waals surface area contributed by atoms with Gasteiger partial charge in [-0.25, -0.2) is 18.1 Å². The summed E-state index contributed by atoms with van der Waals surface area (Å²) >= 11 is 0. The predicted molar refractivity (Wildman–Crippen MR) is 188 cm³/mol. The van der Waals surface area contributed by atoms with Crippen molar-refractivity contribution in [1.29, 1.82) is 0 Å². The summed E-state index contributed by atoms with van der Waals surface area (Å²) in [7, 11) is -2.32. The van der Waals surface area contributed by atoms with Gasteiger partial charge in [0.15, 0.2) is 0 Å². The SMILES string of the molecule is Cc1cccc(C)c1-c1cc2nc(n1)NS(=O)(=O)c1cccc(c1)C(=O)N(Cc1coc(N(C)CCOC(C)C)n1)[C@H](CC(C)(C)C)CO2. The molecule has 49 heavy (non-hydrogen) atoms. The molecule has 2 aromatic heterocycles. The van der Waals surface area contributed by atoms with Crippen molar-refractivity contribution in [2.75, 3.05) is 36.4 Å². The van der Waals surface area contributed by atoms with E-state index in [9.17, 15) is 13.2 Å². The molecule has 0 unspecified atom stereocenters. The summed E-state index contributed by atoms with van der Waals surface area (Å²) in [5, 5.41) is 0. The third-order valence-corrected chi connectivity index (χ3v) is 9.43. The maximum atomic E-state index is 14.4. The molecule has 262 valence electrons. The molecule has 1 N–H and O–H groups in total. The molecule has 5 rings (SSSR count). The molecule has 1 aliphatic heterocycles. The van der Waals surface area contributed by atoms with Gasteiger partial charge in [0.1, 0.15) is 18.6 Å². The van der Waals surface area contributed by atoms with Crippen molar-refractivity contribution in [2.45, 2.75) is 78.5 Å². The van der Waals surface area contributed by atoms with Crippen molar-refractivity contribution in [1.82, 2.24) is 19.9 Å². The van der Waals surface area contributed by atoms with Crippen molar-refractivity contribution >= 4 is 27.9 Å². The zero-order valence-electron chi connectivity index (χ0n) is 29.5. The molecular weight excluding hydrogens is 644 g/mol. The van der Waals surface area contributed by atoms with E-state index < -0.39 is 16.1 Å². The Kier molecular flexibility index (Phi) is 10.6. The van der Waals surface area contributed by atoms with Gasteiger partial charge in [0.25, 0.3) is 21.9 Å². The first-order valence-electron chi connectivity index (χ1n) is 16.4. The standard InChI is InChI=1S/C36H46N6O6S/c1-23(2)46-16-15-41(8)35-37-27(21-48-35)20-42-28(19-36(5,6)7)22-47-31-18-30(32-24(3)11-9-12-25(32)4)38-34(39-31)40-49(44,45)29-14-10-13-26(17-29)33(42)43/h9-14,17-18,21,23,28H,15-16,19-20,22H2,1-8H3,(H,38,39,40)/t28-/m1/s1. The molecule has 0 radical (unpaired) electrons. The number of aryl methyl sites for hydroxylation is 2. The monoisotopic (exact) mass is 690 g/mol. The minimum Gasteiger partial charge on any atom is -0.475 e. The van der Waals surface area contributed by atoms with E-state index in [1.54, 1.807) is 23.1 Å². The van der Waals surface area contributed by atoms with E-state index in [0.29, 0.717) is 37.0 Å². The molecule has 0 fully saturated rings. The molecule has 2 aromatic carbocycles. The normalized spacial score (nSPS) is 16.3. The van der Waals surface area contributed by atoms with Gasteiger partial charge in [0, 0.05) is 30.8 Å². The quantitative estimate of drug-likeness (QED) is 0.214. The second-order valence-electron chi connectivity index (χ2n) is 13.9. The number of sulfonamides is 1. The number of nitrogens with zero attached hydrogens (tertiary/aromatic N) is 5. The number of oxazole rings is 1. The summed E-state index contributed by atoms with van der Waals surface area (Å²) in [5.74, 6) is -0.323. The number of rotatable bonds is 9. The third kappa shape index (κ3) is 8.95. The number of fused-ring (bicyclic) bond motifs is 4. The summed E-state index contributed by atoms with van der Waals surface area (Å²) in [6, 6.07) is 13.5. The Balaban J connectivity index is 1.58. The van der Waals surface area contributed by atoms with Crippen molar-refractivity contribution < 1.29 is 27.1 Å². The van der Waals surface area contributed by atoms with Crippen LogP contribution in [0, 0.1) is 19.3 Å². The van der Waals surface area contributed by atoms with E-state index in [4.69, 9.17) is 18.9 Å². The van der Waals surface area contributed by atoms with Crippen LogP contribution in [-0.4, -0.2) is 73.1 Å². The fraction of sp³-hybridized carbons (Fsp3) is 0.444. The zero-order chi connectivity index (χ0) is 35.5. The Morgan fingerprint density at radius 3 is 2.47 bits per heavy atom. The molecule has 1 atom stereocenters. The van der Waals surface area contributed by atoms with Crippen LogP contribution < -0.4 is 14.4 Å². The number of anilines is 2. The van der Waals surface area contributed by atoms with Gasteiger partial charge >= 0.3 is 0 Å². The topological polar surface area (TPSA) is 140 Å². The van der Waals surface area contributed by atoms with Crippen molar-refractivity contribution in [3.63, 3.8) is 0 Å². The summed E-state index contributed by atoms with van der Waals surface area (Å²) in [5.41, 5.74) is 3.84. The lowest BCUT2D eigenvalue weighted by Crippen LogP contribution is -2.45. The number of carbonyl (C=O) groups excluding carboxylic acids is 1. The van der Waals surface area contributed by atoms with Crippen LogP contribution in [0.25, 0.3) is 11.3 Å². The van der Waals surface area contributed by atoms with Crippen molar-refractivity contribution in [3.8, 4) is 17.1 Å². The average molecular weight is 691 g/mol. The highest BCUT2D eigenvalue weighted by Gasteiger charge is 2.32. The minimum absolute atomic E-state index is 0.0786. The number of ether oxygens (including phenoxy) is 2. The molecule has 0 saturated heterocycles. The maximum Gasteiger partial charge on any atom is 0.297 e. The largest absolute Gasteiger partial charge is 0.475 e. The van der Waals surface area contributed by atoms with Crippen LogP contribution in [0.4, 0.5) is 12.0 Å². The van der Waals surface area contributed by atoms with Gasteiger partial charge in [-0.15, -0.1) is 0 Å². The highest BCUT2D eigenvalue weighted by atomic mass is 32.2. The molecular formula is C36H46N6O6S. The fourth-order valence-corrected chi connectivity index (χ4v) is 6.78. The van der Waals surface area contributed by atoms with Crippen LogP contribution in [0.1, 0.15) is 68.2 Å². The van der Waals surface area contributed by atoms with Gasteiger partial charge in [0.05, 0.1) is 35.9 Å². The second-order valence-corrected chi connectivity index (χ2v) is 15.6. The number of carbonyl (C=O) groups is 1. The number of amides is 1. The molecule has 3 heterocycles. The molecule has 4 aromatic rings. The van der Waals surface area contributed by atoms with Gasteiger partial charge in [-0.2, -0.15) is 9.97 Å². The van der Waals surface area contributed by atoms with E-state index in [-0.39, 0.29) is 52.9 Å². The molecule has 12 nitrogen and oxygen atoms in total. The van der Waals surface area contributed by atoms with E-state index in [1.165, 1.54) is 18.4 Å². The molecule has 0 saturated carbocycles. The molecule has 0 aliphatic carbocycles. The first-order valence-corrected chi connectivity index (χ1v) is 17.9. The van der Waals surface area contributed by atoms with E-state index in [0.717, 1.165) is 16.7 Å². The Hall–Kier alpha value is -4.49. The summed E-state index contributed by atoms with van der Waals surface area (Å²) in [6.45, 7) is 15.4. The Bertz CT molecular complexity index is 1880. The van der Waals surface area contributed by atoms with E-state index >= 15 is 0 Å². The van der Waals surface area contributed by atoms with Crippen LogP contribution in [0.3, 0.4) is 0 Å². The highest BCUT2D eigenvalue weighted by Crippen LogP contribution is 2.32. The molecule has 0 spiro atoms. The van der Waals surface area contributed by atoms with Crippen LogP contribution >= 0.6 is 0 Å². The first kappa shape index (κ1) is 35.8. The molecule has 13 heteroatoms. The van der Waals surface area contributed by atoms with Crippen molar-refractivity contribution in [2.24, 2.45) is 5.41 Å². The minimum atomic E-state index is -4.18. The number of hydrogen-bond acceptors (Lipinski definition) is 10. The van der Waals surface area contributed by atoms with E-state index in [2.05, 4.69) is 35.5 Å². The number of likely N-dealkylation sites (N-methyl/N-ethyl adjacent to an activating group) is 1. The number of aromatic nitrogens is 3. The Morgan fingerprint density at radius 2 is 1.78 bits per heavy atom. The lowest BCUT2D eigenvalue weighted by atomic mass is 9.87. The summed E-state index contributed by atoms with van der Waals surface area (Å²) < 4.78 is 47.7. The van der Waals surface area contributed by atoms with Crippen molar-refractivity contribution in [3.05, 3.63) is 77.2 Å². The number of benzene rings is 2. The smallest absolute Gasteiger partial charge is 0.297 e. The van der Waals surface area contributed by atoms with E-state index in [1.807, 2.05) is 57.8 Å². The average Bonchev–Trinajstić information content (AvgIpc) is 3.49. The molecule has 4 bridgehead atoms. The van der Waals surface area contributed by atoms with Gasteiger partial charge < -0.3 is 23.7 Å². The van der Waals surface area contributed by atoms with Crippen LogP contribution in [0.5, 0.6) is 5.88 Å². The lowest BCUT2D eigenvalue weighted by Gasteiger charge is -2.35. The van der Waals surface area contributed by atoms with Crippen LogP contribution in [0.2, 0.25) is 0 Å². The third-order valence-electron chi connectivity index (χ3n) is 8.11. The van der Waals surface area contributed by atoms with Crippen LogP contribution in [-0.2, 0) is 21.3 Å². The maximum absolute atomic E-state index is 14.4. The number of hydrogen-bond donors (Lipinski definition) is 1. The van der Waals surface area contributed by atoms with Gasteiger partial charge in [-0.1, -0.05) is 45.0 Å². The second kappa shape index (κ2) is 14.6. The summed E-state index contributed by atoms with van der Waals surface area (Å²) in [4.78, 5) is 31.6. The summed E-state index contributed by atoms with van der Waals surface area (Å²) in [6.07, 6.45) is 2.21. The Labute approximate surface area is 288 Å². The first-order chi connectivity index (χ1) is 23.1. The van der Waals surface area contributed by atoms with Gasteiger partial charge in [-0.3, -0.25) is 4.79 Å². The highest BCUT2D eigenvalue weighted by molar-refractivity contribution is 7.92. The molecule has 1 aliphatic rings. The van der Waals surface area contributed by atoms with Crippen LogP contribution in [0.15, 0.2) is 64.1 Å².